The summed E-state index contributed by atoms with van der Waals surface area (Å²) in [7, 11) is 0. The molecule has 1 aromatic rings. The Labute approximate surface area is 100.0 Å². The summed E-state index contributed by atoms with van der Waals surface area (Å²) in [4.78, 5) is 0. The second-order valence-corrected chi connectivity index (χ2v) is 3.61. The molecule has 1 rings (SSSR count). The van der Waals surface area contributed by atoms with Crippen molar-refractivity contribution < 1.29 is 31.8 Å². The van der Waals surface area contributed by atoms with Crippen LogP contribution in [0.2, 0.25) is 0 Å². The Bertz CT molecular complexity index is 371. The van der Waals surface area contributed by atoms with E-state index in [1.54, 1.807) is 0 Å². The molecule has 0 radical (unpaired) electrons. The molecule has 2 nitrogen and oxygen atoms in total. The van der Waals surface area contributed by atoms with E-state index in [0.717, 1.165) is 18.2 Å². The number of alkyl halides is 3. The molecule has 1 N–H and O–H groups in total. The molecule has 18 heavy (non-hydrogen) atoms. The van der Waals surface area contributed by atoms with Gasteiger partial charge in [-0.15, -0.1) is 0 Å². The molecule has 0 aliphatic carbocycles. The monoisotopic (exact) mass is 270 g/mol. The van der Waals surface area contributed by atoms with Gasteiger partial charge in [0.15, 0.2) is 0 Å². The highest BCUT2D eigenvalue weighted by atomic mass is 19.4. The molecule has 0 aliphatic heterocycles. The Morgan fingerprint density at radius 1 is 1.17 bits per heavy atom. The lowest BCUT2D eigenvalue weighted by atomic mass is 10.1. The van der Waals surface area contributed by atoms with Crippen LogP contribution in [0.15, 0.2) is 18.2 Å². The van der Waals surface area contributed by atoms with Gasteiger partial charge in [0.1, 0.15) is 18.2 Å². The minimum Gasteiger partial charge on any atom is -0.388 e. The van der Waals surface area contributed by atoms with Gasteiger partial charge in [-0.1, -0.05) is 6.07 Å². The predicted octanol–water partition coefficient (Wildman–Crippen LogP) is 2.97. The van der Waals surface area contributed by atoms with Gasteiger partial charge in [-0.2, -0.15) is 13.2 Å². The molecule has 102 valence electrons. The van der Waals surface area contributed by atoms with Crippen LogP contribution in [-0.4, -0.2) is 24.5 Å². The Kier molecular flexibility index (Phi) is 5.03. The average Bonchev–Trinajstić information content (AvgIpc) is 2.23. The Hall–Kier alpha value is -1.21. The zero-order chi connectivity index (χ0) is 13.8. The third-order valence-corrected chi connectivity index (χ3v) is 2.13. The van der Waals surface area contributed by atoms with E-state index in [1.165, 1.54) is 0 Å². The molecule has 0 spiro atoms. The molecule has 0 fully saturated rings. The zero-order valence-electron chi connectivity index (χ0n) is 9.18. The summed E-state index contributed by atoms with van der Waals surface area (Å²) in [6.45, 7) is -1.91. The van der Waals surface area contributed by atoms with Crippen molar-refractivity contribution >= 4 is 0 Å². The maximum Gasteiger partial charge on any atom is 0.411 e. The van der Waals surface area contributed by atoms with E-state index in [2.05, 4.69) is 4.74 Å². The maximum atomic E-state index is 13.2. The predicted molar refractivity (Wildman–Crippen MR) is 52.8 cm³/mol. The molecule has 0 saturated heterocycles. The third-order valence-electron chi connectivity index (χ3n) is 2.13. The number of halogens is 5. The molecule has 1 aromatic carbocycles. The Balaban J connectivity index is 2.48. The van der Waals surface area contributed by atoms with Crippen LogP contribution in [0.1, 0.15) is 18.1 Å². The number of ether oxygens (including phenoxy) is 1. The van der Waals surface area contributed by atoms with Gasteiger partial charge in [-0.3, -0.25) is 0 Å². The third kappa shape index (κ3) is 4.58. The first kappa shape index (κ1) is 14.8. The van der Waals surface area contributed by atoms with E-state index in [-0.39, 0.29) is 6.42 Å². The SMILES string of the molecule is OC(CCOCC(F)(F)F)c1c(F)cccc1F. The van der Waals surface area contributed by atoms with Crippen molar-refractivity contribution in [3.05, 3.63) is 35.4 Å². The van der Waals surface area contributed by atoms with Crippen LogP contribution in [0, 0.1) is 11.6 Å². The largest absolute Gasteiger partial charge is 0.411 e. The molecule has 0 aromatic heterocycles. The average molecular weight is 270 g/mol. The fourth-order valence-electron chi connectivity index (χ4n) is 1.36. The summed E-state index contributed by atoms with van der Waals surface area (Å²) in [6.07, 6.45) is -6.33. The van der Waals surface area contributed by atoms with Crippen LogP contribution in [0.5, 0.6) is 0 Å². The van der Waals surface area contributed by atoms with E-state index in [9.17, 15) is 27.1 Å². The van der Waals surface area contributed by atoms with Crippen LogP contribution in [0.4, 0.5) is 22.0 Å². The molecular weight excluding hydrogens is 259 g/mol. The number of hydrogen-bond donors (Lipinski definition) is 1. The topological polar surface area (TPSA) is 29.5 Å². The molecular formula is C11H11F5O2. The summed E-state index contributed by atoms with van der Waals surface area (Å²) in [5, 5.41) is 9.47. The zero-order valence-corrected chi connectivity index (χ0v) is 9.18. The fourth-order valence-corrected chi connectivity index (χ4v) is 1.36. The van der Waals surface area contributed by atoms with Crippen molar-refractivity contribution in [2.24, 2.45) is 0 Å². The standard InChI is InChI=1S/C11H11F5O2/c12-7-2-1-3-8(13)10(7)9(17)4-5-18-6-11(14,15)16/h1-3,9,17H,4-6H2. The normalized spacial score (nSPS) is 13.7. The van der Waals surface area contributed by atoms with Crippen molar-refractivity contribution in [2.75, 3.05) is 13.2 Å². The molecule has 0 bridgehead atoms. The first-order valence-corrected chi connectivity index (χ1v) is 5.07. The van der Waals surface area contributed by atoms with Crippen LogP contribution in [0.25, 0.3) is 0 Å². The maximum absolute atomic E-state index is 13.2. The van der Waals surface area contributed by atoms with Crippen molar-refractivity contribution in [3.8, 4) is 0 Å². The van der Waals surface area contributed by atoms with E-state index in [1.807, 2.05) is 0 Å². The van der Waals surface area contributed by atoms with Crippen molar-refractivity contribution in [1.82, 2.24) is 0 Å². The van der Waals surface area contributed by atoms with Gasteiger partial charge in [0, 0.05) is 13.0 Å². The number of hydrogen-bond acceptors (Lipinski definition) is 2. The highest BCUT2D eigenvalue weighted by Gasteiger charge is 2.27. The molecule has 0 amide bonds. The quantitative estimate of drug-likeness (QED) is 0.658. The van der Waals surface area contributed by atoms with E-state index < -0.39 is 42.7 Å². The van der Waals surface area contributed by atoms with Gasteiger partial charge >= 0.3 is 6.18 Å². The van der Waals surface area contributed by atoms with Crippen LogP contribution in [-0.2, 0) is 4.74 Å². The molecule has 0 saturated carbocycles. The highest BCUT2D eigenvalue weighted by Crippen LogP contribution is 2.23. The fraction of sp³-hybridized carbons (Fsp3) is 0.455. The smallest absolute Gasteiger partial charge is 0.388 e. The lowest BCUT2D eigenvalue weighted by molar-refractivity contribution is -0.175. The first-order chi connectivity index (χ1) is 8.31. The summed E-state index contributed by atoms with van der Waals surface area (Å²) in [6, 6.07) is 3.04. The number of aliphatic hydroxyl groups excluding tert-OH is 1. The summed E-state index contributed by atoms with van der Waals surface area (Å²) in [5.74, 6) is -1.89. The minimum atomic E-state index is -4.46. The van der Waals surface area contributed by atoms with E-state index in [4.69, 9.17) is 0 Å². The van der Waals surface area contributed by atoms with Crippen LogP contribution in [0.3, 0.4) is 0 Å². The second kappa shape index (κ2) is 6.10. The molecule has 0 heterocycles. The first-order valence-electron chi connectivity index (χ1n) is 5.07. The number of rotatable bonds is 5. The van der Waals surface area contributed by atoms with Gasteiger partial charge in [-0.25, -0.2) is 8.78 Å². The van der Waals surface area contributed by atoms with Gasteiger partial charge in [0.25, 0.3) is 0 Å². The molecule has 0 aliphatic rings. The second-order valence-electron chi connectivity index (χ2n) is 3.61. The number of benzene rings is 1. The Morgan fingerprint density at radius 2 is 1.72 bits per heavy atom. The van der Waals surface area contributed by atoms with E-state index >= 15 is 0 Å². The van der Waals surface area contributed by atoms with Gasteiger partial charge in [0.05, 0.1) is 11.7 Å². The highest BCUT2D eigenvalue weighted by molar-refractivity contribution is 5.21. The lowest BCUT2D eigenvalue weighted by Crippen LogP contribution is -2.18. The summed E-state index contributed by atoms with van der Waals surface area (Å²) < 4.78 is 65.8. The molecule has 1 unspecified atom stereocenters. The van der Waals surface area contributed by atoms with Crippen LogP contribution >= 0.6 is 0 Å². The number of aliphatic hydroxyl groups is 1. The summed E-state index contributed by atoms with van der Waals surface area (Å²) >= 11 is 0. The van der Waals surface area contributed by atoms with Gasteiger partial charge in [0.2, 0.25) is 0 Å². The lowest BCUT2D eigenvalue weighted by Gasteiger charge is -2.13. The van der Waals surface area contributed by atoms with Crippen molar-refractivity contribution in [1.29, 1.82) is 0 Å². The van der Waals surface area contributed by atoms with Gasteiger partial charge in [-0.05, 0) is 12.1 Å². The molecule has 1 atom stereocenters. The van der Waals surface area contributed by atoms with Crippen molar-refractivity contribution in [3.63, 3.8) is 0 Å². The van der Waals surface area contributed by atoms with Crippen LogP contribution < -0.4 is 0 Å². The Morgan fingerprint density at radius 3 is 2.22 bits per heavy atom. The van der Waals surface area contributed by atoms with Gasteiger partial charge < -0.3 is 9.84 Å². The minimum absolute atomic E-state index is 0.325. The summed E-state index contributed by atoms with van der Waals surface area (Å²) in [5.41, 5.74) is -0.562. The van der Waals surface area contributed by atoms with E-state index in [0.29, 0.717) is 0 Å². The van der Waals surface area contributed by atoms with Crippen molar-refractivity contribution in [2.45, 2.75) is 18.7 Å². The molecule has 7 heteroatoms.